The van der Waals surface area contributed by atoms with E-state index in [-0.39, 0.29) is 65.4 Å². The molecule has 0 radical (unpaired) electrons. The van der Waals surface area contributed by atoms with Crippen molar-refractivity contribution in [3.63, 3.8) is 0 Å². The maximum absolute atomic E-state index is 8.59. The van der Waals surface area contributed by atoms with Gasteiger partial charge in [-0.25, -0.2) is 0 Å². The molecule has 0 aliphatic carbocycles. The Balaban J connectivity index is -0.0000000457. The quantitative estimate of drug-likeness (QED) is 0.345. The van der Waals surface area contributed by atoms with Gasteiger partial charge in [0.2, 0.25) is 0 Å². The van der Waals surface area contributed by atoms with Crippen LogP contribution >= 0.6 is 0 Å². The molecule has 0 bridgehead atoms. The standard InChI is InChI=1S/Ba.2Cr.Ni.8O/q+2;;;+2;;;;;4*-1. The van der Waals surface area contributed by atoms with Crippen molar-refractivity contribution in [1.82, 2.24) is 0 Å². The van der Waals surface area contributed by atoms with Crippen LogP contribution in [0.25, 0.3) is 0 Å². The van der Waals surface area contributed by atoms with Crippen LogP contribution in [0.3, 0.4) is 0 Å². The van der Waals surface area contributed by atoms with Crippen LogP contribution in [0, 0.1) is 0 Å². The van der Waals surface area contributed by atoms with Gasteiger partial charge in [0, 0.05) is 0 Å². The Morgan fingerprint density at radius 2 is 0.667 bits per heavy atom. The molecule has 0 aromatic heterocycles. The van der Waals surface area contributed by atoms with Gasteiger partial charge >= 0.3 is 124 Å². The summed E-state index contributed by atoms with van der Waals surface area (Å²) in [5.41, 5.74) is 0. The van der Waals surface area contributed by atoms with Gasteiger partial charge in [-0.1, -0.05) is 0 Å². The van der Waals surface area contributed by atoms with E-state index in [2.05, 4.69) is 0 Å². The molecular weight excluding hydrogens is 428 g/mol. The zero-order valence-electron chi connectivity index (χ0n) is 5.11. The summed E-state index contributed by atoms with van der Waals surface area (Å²) < 4.78 is 68.8. The van der Waals surface area contributed by atoms with E-state index in [0.29, 0.717) is 0 Å². The second kappa shape index (κ2) is 9.71. The molecule has 0 aromatic rings. The first kappa shape index (κ1) is 23.8. The van der Waals surface area contributed by atoms with Crippen LogP contribution < -0.4 is 16.6 Å². The first-order valence-corrected chi connectivity index (χ1v) is 5.50. The van der Waals surface area contributed by atoms with Gasteiger partial charge in [-0.05, 0) is 0 Å². The fourth-order valence-corrected chi connectivity index (χ4v) is 0. The van der Waals surface area contributed by atoms with Gasteiger partial charge in [0.1, 0.15) is 0 Å². The molecule has 0 atom stereocenters. The molecule has 0 saturated carbocycles. The van der Waals surface area contributed by atoms with E-state index in [1.165, 1.54) is 0 Å². The minimum absolute atomic E-state index is 0. The molecule has 8 nitrogen and oxygen atoms in total. The van der Waals surface area contributed by atoms with E-state index in [9.17, 15) is 0 Å². The Bertz CT molecular complexity index is 213. The molecule has 0 amide bonds. The van der Waals surface area contributed by atoms with E-state index in [0.717, 1.165) is 0 Å². The molecule has 0 aliphatic heterocycles. The fraction of sp³-hybridized carbons (Fsp3) is 0. The number of rotatable bonds is 0. The Morgan fingerprint density at radius 1 is 0.667 bits per heavy atom. The summed E-state index contributed by atoms with van der Waals surface area (Å²) in [7, 11) is 0. The van der Waals surface area contributed by atoms with Crippen molar-refractivity contribution in [1.29, 1.82) is 0 Å². The molecule has 0 unspecified atom stereocenters. The zero-order valence-corrected chi connectivity index (χ0v) is 13.1. The third-order valence-electron chi connectivity index (χ3n) is 0. The van der Waals surface area contributed by atoms with E-state index in [4.69, 9.17) is 31.8 Å². The molecule has 0 spiro atoms. The van der Waals surface area contributed by atoms with Crippen molar-refractivity contribution in [2.75, 3.05) is 0 Å². The van der Waals surface area contributed by atoms with Crippen LogP contribution in [0.15, 0.2) is 0 Å². The third-order valence-corrected chi connectivity index (χ3v) is 0. The molecule has 12 heteroatoms. The van der Waals surface area contributed by atoms with E-state index in [1.807, 2.05) is 0 Å². The van der Waals surface area contributed by atoms with Crippen molar-refractivity contribution in [2.24, 2.45) is 0 Å². The minimum atomic E-state index is -5.75. The maximum atomic E-state index is 8.59. The summed E-state index contributed by atoms with van der Waals surface area (Å²) in [6, 6.07) is 0. The Morgan fingerprint density at radius 3 is 0.667 bits per heavy atom. The predicted octanol–water partition coefficient (Wildman–Crippen LogP) is -5.62. The molecular formula is BaCr2NiO8. The molecule has 0 N–H and O–H groups in total. The molecule has 0 fully saturated rings. The Kier molecular flexibility index (Phi) is 19.2. The van der Waals surface area contributed by atoms with Crippen LogP contribution in [-0.4, -0.2) is 48.9 Å². The van der Waals surface area contributed by atoms with Crippen LogP contribution in [0.2, 0.25) is 0 Å². The van der Waals surface area contributed by atoms with Gasteiger partial charge in [-0.15, -0.1) is 0 Å². The van der Waals surface area contributed by atoms with Gasteiger partial charge in [0.25, 0.3) is 0 Å². The second-order valence-electron chi connectivity index (χ2n) is 0.816. The zero-order chi connectivity index (χ0) is 9.00. The average molecular weight is 428 g/mol. The molecule has 0 aliphatic rings. The van der Waals surface area contributed by atoms with Crippen molar-refractivity contribution in [3.8, 4) is 0 Å². The first-order valence-electron chi connectivity index (χ1n) is 1.33. The van der Waals surface area contributed by atoms with E-state index < -0.39 is 27.2 Å². The summed E-state index contributed by atoms with van der Waals surface area (Å²) in [6.45, 7) is 0. The summed E-state index contributed by atoms with van der Waals surface area (Å²) in [5, 5.41) is 0. The normalized spacial score (nSPS) is 9.67. The number of hydrogen-bond acceptors (Lipinski definition) is 8. The van der Waals surface area contributed by atoms with Crippen molar-refractivity contribution in [2.45, 2.75) is 0 Å². The van der Waals surface area contributed by atoms with Crippen LogP contribution in [-0.2, 0) is 58.9 Å². The van der Waals surface area contributed by atoms with Crippen molar-refractivity contribution in [3.05, 3.63) is 0 Å². The summed E-state index contributed by atoms with van der Waals surface area (Å²) in [5.74, 6) is 0. The molecule has 0 aromatic carbocycles. The summed E-state index contributed by atoms with van der Waals surface area (Å²) >= 11 is -11.5. The van der Waals surface area contributed by atoms with Crippen molar-refractivity contribution < 1.29 is 75.6 Å². The van der Waals surface area contributed by atoms with Crippen LogP contribution in [0.5, 0.6) is 0 Å². The van der Waals surface area contributed by atoms with Gasteiger partial charge in [0.05, 0.1) is 0 Å². The SMILES string of the molecule is [Ba+2].[Ni+2].[O]=[Cr](=[O])([O-])[O-].[O]=[Cr](=[O])([O-])[O-]. The van der Waals surface area contributed by atoms with Gasteiger partial charge < -0.3 is 0 Å². The molecule has 12 heavy (non-hydrogen) atoms. The van der Waals surface area contributed by atoms with Gasteiger partial charge in [-0.3, -0.25) is 0 Å². The monoisotopic (exact) mass is 428 g/mol. The van der Waals surface area contributed by atoms with Crippen LogP contribution in [0.4, 0.5) is 0 Å². The Hall–Kier alpha value is 2.17. The first-order chi connectivity index (χ1) is 4.00. The average Bonchev–Trinajstić information content (AvgIpc) is 1.12. The van der Waals surface area contributed by atoms with Gasteiger partial charge in [-0.2, -0.15) is 0 Å². The second-order valence-corrected chi connectivity index (χ2v) is 3.37. The predicted molar refractivity (Wildman–Crippen MR) is 8.50 cm³/mol. The topological polar surface area (TPSA) is 161 Å². The van der Waals surface area contributed by atoms with Gasteiger partial charge in [0.15, 0.2) is 0 Å². The molecule has 0 saturated heterocycles. The third kappa shape index (κ3) is 322. The fourth-order valence-electron chi connectivity index (χ4n) is 0. The van der Waals surface area contributed by atoms with Crippen molar-refractivity contribution >= 4 is 48.9 Å². The summed E-state index contributed by atoms with van der Waals surface area (Å²) in [4.78, 5) is 0. The molecule has 0 heterocycles. The van der Waals surface area contributed by atoms with E-state index in [1.54, 1.807) is 0 Å². The summed E-state index contributed by atoms with van der Waals surface area (Å²) in [6.07, 6.45) is 0. The van der Waals surface area contributed by atoms with E-state index >= 15 is 0 Å². The molecule has 0 rings (SSSR count). The molecule has 72 valence electrons. The Labute approximate surface area is 122 Å². The number of hydrogen-bond donors (Lipinski definition) is 0. The van der Waals surface area contributed by atoms with Crippen LogP contribution in [0.1, 0.15) is 0 Å².